The largest absolute Gasteiger partial charge is 2.00 e. The molecule has 4 nitrogen and oxygen atoms in total. The SMILES string of the molecule is C(=N\Nc1ccccn1)/c1ccccn1.[Fe+2]. The molecule has 2 rings (SSSR count). The van der Waals surface area contributed by atoms with Crippen molar-refractivity contribution in [2.45, 2.75) is 0 Å². The second-order valence-corrected chi connectivity index (χ2v) is 2.84. The van der Waals surface area contributed by atoms with Crippen LogP contribution in [0.5, 0.6) is 0 Å². The quantitative estimate of drug-likeness (QED) is 0.517. The van der Waals surface area contributed by atoms with Crippen LogP contribution in [0.15, 0.2) is 53.9 Å². The maximum absolute atomic E-state index is 4.10. The van der Waals surface area contributed by atoms with Crippen molar-refractivity contribution in [1.29, 1.82) is 0 Å². The van der Waals surface area contributed by atoms with E-state index in [2.05, 4.69) is 20.5 Å². The van der Waals surface area contributed by atoms with Crippen molar-refractivity contribution in [3.8, 4) is 0 Å². The van der Waals surface area contributed by atoms with Crippen molar-refractivity contribution in [3.05, 3.63) is 54.5 Å². The zero-order valence-corrected chi connectivity index (χ0v) is 9.50. The van der Waals surface area contributed by atoms with E-state index in [1.807, 2.05) is 36.4 Å². The van der Waals surface area contributed by atoms with E-state index in [-0.39, 0.29) is 17.1 Å². The summed E-state index contributed by atoms with van der Waals surface area (Å²) in [7, 11) is 0. The standard InChI is InChI=1S/C11H10N4.Fe/c1-3-7-12-10(5-1)9-14-15-11-6-2-4-8-13-11;/h1-9H,(H,13,15);/q;+2/b14-9+;. The van der Waals surface area contributed by atoms with E-state index in [0.717, 1.165) is 5.69 Å². The third-order valence-electron chi connectivity index (χ3n) is 1.73. The summed E-state index contributed by atoms with van der Waals surface area (Å²) in [6.07, 6.45) is 5.08. The van der Waals surface area contributed by atoms with Crippen molar-refractivity contribution in [2.24, 2.45) is 5.10 Å². The summed E-state index contributed by atoms with van der Waals surface area (Å²) < 4.78 is 0. The van der Waals surface area contributed by atoms with Gasteiger partial charge >= 0.3 is 17.1 Å². The van der Waals surface area contributed by atoms with Crippen molar-refractivity contribution >= 4 is 12.0 Å². The zero-order chi connectivity index (χ0) is 10.3. The van der Waals surface area contributed by atoms with Gasteiger partial charge in [-0.25, -0.2) is 4.98 Å². The number of anilines is 1. The predicted octanol–water partition coefficient (Wildman–Crippen LogP) is 1.92. The molecular formula is C11H10FeN4+2. The van der Waals surface area contributed by atoms with Gasteiger partial charge in [-0.15, -0.1) is 0 Å². The Labute approximate surface area is 104 Å². The molecule has 2 aromatic heterocycles. The molecule has 1 N–H and O–H groups in total. The van der Waals surface area contributed by atoms with E-state index in [0.29, 0.717) is 5.82 Å². The maximum Gasteiger partial charge on any atom is 2.00 e. The van der Waals surface area contributed by atoms with Crippen LogP contribution in [0.2, 0.25) is 0 Å². The number of pyridine rings is 2. The van der Waals surface area contributed by atoms with Crippen LogP contribution in [0, 0.1) is 0 Å². The molecule has 0 saturated carbocycles. The van der Waals surface area contributed by atoms with Gasteiger partial charge in [0.25, 0.3) is 0 Å². The van der Waals surface area contributed by atoms with Gasteiger partial charge in [0.2, 0.25) is 0 Å². The summed E-state index contributed by atoms with van der Waals surface area (Å²) in [5.41, 5.74) is 3.62. The second-order valence-electron chi connectivity index (χ2n) is 2.84. The van der Waals surface area contributed by atoms with Crippen molar-refractivity contribution in [1.82, 2.24) is 9.97 Å². The van der Waals surface area contributed by atoms with Crippen LogP contribution in [-0.2, 0) is 17.1 Å². The van der Waals surface area contributed by atoms with Gasteiger partial charge in [-0.05, 0) is 24.3 Å². The van der Waals surface area contributed by atoms with Crippen LogP contribution in [0.1, 0.15) is 5.69 Å². The molecule has 0 atom stereocenters. The molecule has 0 aliphatic heterocycles. The number of hydrogen-bond donors (Lipinski definition) is 1. The first-order chi connectivity index (χ1) is 7.45. The molecule has 5 heteroatoms. The van der Waals surface area contributed by atoms with Gasteiger partial charge in [0.1, 0.15) is 5.82 Å². The van der Waals surface area contributed by atoms with Gasteiger partial charge < -0.3 is 0 Å². The van der Waals surface area contributed by atoms with Crippen molar-refractivity contribution in [2.75, 3.05) is 5.43 Å². The van der Waals surface area contributed by atoms with Gasteiger partial charge in [0.05, 0.1) is 11.9 Å². The molecule has 0 unspecified atom stereocenters. The summed E-state index contributed by atoms with van der Waals surface area (Å²) in [5, 5.41) is 4.01. The van der Waals surface area contributed by atoms with Crippen LogP contribution < -0.4 is 5.43 Å². The molecule has 16 heavy (non-hydrogen) atoms. The van der Waals surface area contributed by atoms with Crippen molar-refractivity contribution < 1.29 is 17.1 Å². The van der Waals surface area contributed by atoms with Gasteiger partial charge in [0.15, 0.2) is 0 Å². The molecule has 0 aromatic carbocycles. The number of hydrazone groups is 1. The smallest absolute Gasteiger partial charge is 0.261 e. The fourth-order valence-corrected chi connectivity index (χ4v) is 1.05. The third kappa shape index (κ3) is 3.80. The van der Waals surface area contributed by atoms with E-state index in [4.69, 9.17) is 0 Å². The van der Waals surface area contributed by atoms with Crippen LogP contribution in [0.3, 0.4) is 0 Å². The van der Waals surface area contributed by atoms with Gasteiger partial charge in [-0.1, -0.05) is 12.1 Å². The van der Waals surface area contributed by atoms with Crippen molar-refractivity contribution in [3.63, 3.8) is 0 Å². The molecular weight excluding hydrogens is 244 g/mol. The Hall–Kier alpha value is -1.71. The molecule has 0 bridgehead atoms. The third-order valence-corrected chi connectivity index (χ3v) is 1.73. The van der Waals surface area contributed by atoms with Gasteiger partial charge in [-0.2, -0.15) is 5.10 Å². The Morgan fingerprint density at radius 3 is 2.38 bits per heavy atom. The first-order valence-corrected chi connectivity index (χ1v) is 4.56. The fourth-order valence-electron chi connectivity index (χ4n) is 1.05. The number of nitrogens with one attached hydrogen (secondary N) is 1. The number of nitrogens with zero attached hydrogens (tertiary/aromatic N) is 3. The average molecular weight is 254 g/mol. The molecule has 80 valence electrons. The van der Waals surface area contributed by atoms with Gasteiger partial charge in [0, 0.05) is 12.4 Å². The summed E-state index contributed by atoms with van der Waals surface area (Å²) in [4.78, 5) is 8.16. The monoisotopic (exact) mass is 254 g/mol. The molecule has 0 amide bonds. The molecule has 2 aromatic rings. The molecule has 0 saturated heterocycles. The second kappa shape index (κ2) is 6.71. The number of aromatic nitrogens is 2. The summed E-state index contributed by atoms with van der Waals surface area (Å²) in [6, 6.07) is 11.2. The van der Waals surface area contributed by atoms with Crippen LogP contribution >= 0.6 is 0 Å². The Morgan fingerprint density at radius 2 is 1.75 bits per heavy atom. The zero-order valence-electron chi connectivity index (χ0n) is 8.39. The topological polar surface area (TPSA) is 50.2 Å². The molecule has 2 heterocycles. The van der Waals surface area contributed by atoms with E-state index < -0.39 is 0 Å². The first-order valence-electron chi connectivity index (χ1n) is 4.56. The fraction of sp³-hybridized carbons (Fsp3) is 0. The first kappa shape index (κ1) is 12.4. The molecule has 0 aliphatic carbocycles. The Balaban J connectivity index is 0.00000128. The van der Waals surface area contributed by atoms with E-state index in [1.54, 1.807) is 18.6 Å². The summed E-state index contributed by atoms with van der Waals surface area (Å²) in [6.45, 7) is 0. The van der Waals surface area contributed by atoms with Crippen LogP contribution in [0.25, 0.3) is 0 Å². The molecule has 0 fully saturated rings. The predicted molar refractivity (Wildman–Crippen MR) is 59.7 cm³/mol. The number of hydrogen-bond acceptors (Lipinski definition) is 4. The minimum absolute atomic E-state index is 0. The Bertz CT molecular complexity index is 430. The summed E-state index contributed by atoms with van der Waals surface area (Å²) in [5.74, 6) is 0.713. The minimum Gasteiger partial charge on any atom is -0.261 e. The normalized spacial score (nSPS) is 9.75. The average Bonchev–Trinajstić information content (AvgIpc) is 2.32. The van der Waals surface area contributed by atoms with Gasteiger partial charge in [-0.3, -0.25) is 10.4 Å². The van der Waals surface area contributed by atoms with E-state index in [1.165, 1.54) is 0 Å². The minimum atomic E-state index is 0. The molecule has 0 radical (unpaired) electrons. The van der Waals surface area contributed by atoms with Crippen LogP contribution in [-0.4, -0.2) is 16.2 Å². The molecule has 0 spiro atoms. The Kier molecular flexibility index (Phi) is 5.19. The maximum atomic E-state index is 4.10. The number of rotatable bonds is 3. The summed E-state index contributed by atoms with van der Waals surface area (Å²) >= 11 is 0. The Morgan fingerprint density at radius 1 is 1.00 bits per heavy atom. The van der Waals surface area contributed by atoms with E-state index >= 15 is 0 Å². The van der Waals surface area contributed by atoms with Crippen LogP contribution in [0.4, 0.5) is 5.82 Å². The van der Waals surface area contributed by atoms with E-state index in [9.17, 15) is 0 Å². The molecule has 0 aliphatic rings.